The van der Waals surface area contributed by atoms with Gasteiger partial charge in [-0.15, -0.1) is 12.4 Å². The van der Waals surface area contributed by atoms with Gasteiger partial charge >= 0.3 is 0 Å². The summed E-state index contributed by atoms with van der Waals surface area (Å²) in [5.74, 6) is -0.701. The van der Waals surface area contributed by atoms with E-state index in [2.05, 4.69) is 5.32 Å². The van der Waals surface area contributed by atoms with E-state index in [4.69, 9.17) is 0 Å². The first-order chi connectivity index (χ1) is 14.1. The predicted octanol–water partition coefficient (Wildman–Crippen LogP) is 2.87. The Labute approximate surface area is 181 Å². The molecule has 30 heavy (non-hydrogen) atoms. The Morgan fingerprint density at radius 3 is 2.47 bits per heavy atom. The van der Waals surface area contributed by atoms with Gasteiger partial charge in [-0.05, 0) is 43.0 Å². The van der Waals surface area contributed by atoms with E-state index in [1.165, 1.54) is 11.3 Å². The van der Waals surface area contributed by atoms with Crippen LogP contribution in [-0.4, -0.2) is 52.7 Å². The Balaban J connectivity index is 0.00000218. The summed E-state index contributed by atoms with van der Waals surface area (Å²) in [4.78, 5) is 41.8. The van der Waals surface area contributed by atoms with Crippen LogP contribution in [0.4, 0.5) is 0 Å². The van der Waals surface area contributed by atoms with Crippen LogP contribution in [0.1, 0.15) is 55.9 Å². The molecule has 0 aromatic heterocycles. The molecule has 0 aliphatic carbocycles. The Morgan fingerprint density at radius 1 is 0.933 bits per heavy atom. The summed E-state index contributed by atoms with van der Waals surface area (Å²) in [7, 11) is 0. The van der Waals surface area contributed by atoms with Crippen LogP contribution in [0.3, 0.4) is 0 Å². The van der Waals surface area contributed by atoms with Gasteiger partial charge in [0.25, 0.3) is 17.7 Å². The number of hydrogen-bond donors (Lipinski definition) is 1. The number of likely N-dealkylation sites (tertiary alicyclic amines) is 1. The second kappa shape index (κ2) is 8.20. The van der Waals surface area contributed by atoms with Crippen molar-refractivity contribution < 1.29 is 14.4 Å². The van der Waals surface area contributed by atoms with Gasteiger partial charge in [0.2, 0.25) is 0 Å². The molecule has 2 aromatic rings. The van der Waals surface area contributed by atoms with Crippen LogP contribution in [0.5, 0.6) is 0 Å². The number of benzene rings is 2. The Hall–Kier alpha value is -2.70. The maximum Gasteiger partial charge on any atom is 0.261 e. The lowest BCUT2D eigenvalue weighted by atomic mass is 10.0. The van der Waals surface area contributed by atoms with Crippen LogP contribution < -0.4 is 5.32 Å². The van der Waals surface area contributed by atoms with E-state index in [0.29, 0.717) is 35.3 Å². The standard InChI is InChI=1S/C23H23N3O3.ClH/c27-21(25-11-10-17-7-8-18(14-25)24-17)16-6-9-19-20(12-16)23(29)26(22(19)28)13-15-4-2-1-3-5-15;/h1-6,9,12,17-18,24H,7-8,10-11,13-14H2;1H. The predicted molar refractivity (Wildman–Crippen MR) is 115 cm³/mol. The molecule has 2 bridgehead atoms. The molecule has 3 aliphatic rings. The molecule has 2 unspecified atom stereocenters. The fraction of sp³-hybridized carbons (Fsp3) is 0.348. The molecule has 2 fully saturated rings. The van der Waals surface area contributed by atoms with Gasteiger partial charge in [0, 0.05) is 30.7 Å². The van der Waals surface area contributed by atoms with Crippen molar-refractivity contribution in [2.75, 3.05) is 13.1 Å². The van der Waals surface area contributed by atoms with Gasteiger partial charge in [-0.2, -0.15) is 0 Å². The number of halogens is 1. The molecule has 156 valence electrons. The first kappa shape index (κ1) is 20.6. The molecule has 0 saturated carbocycles. The number of carbonyl (C=O) groups is 3. The highest BCUT2D eigenvalue weighted by Crippen LogP contribution is 2.27. The second-order valence-electron chi connectivity index (χ2n) is 8.12. The highest BCUT2D eigenvalue weighted by Gasteiger charge is 2.37. The maximum absolute atomic E-state index is 13.1. The number of nitrogens with zero attached hydrogens (tertiary/aromatic N) is 2. The summed E-state index contributed by atoms with van der Waals surface area (Å²) >= 11 is 0. The quantitative estimate of drug-likeness (QED) is 0.768. The van der Waals surface area contributed by atoms with Crippen LogP contribution in [0.15, 0.2) is 48.5 Å². The summed E-state index contributed by atoms with van der Waals surface area (Å²) in [6.45, 7) is 1.65. The van der Waals surface area contributed by atoms with E-state index < -0.39 is 0 Å². The smallest absolute Gasteiger partial charge is 0.261 e. The summed E-state index contributed by atoms with van der Waals surface area (Å²) < 4.78 is 0. The van der Waals surface area contributed by atoms with E-state index in [0.717, 1.165) is 24.9 Å². The molecule has 3 heterocycles. The fourth-order valence-electron chi connectivity index (χ4n) is 4.64. The molecule has 2 atom stereocenters. The maximum atomic E-state index is 13.1. The van der Waals surface area contributed by atoms with E-state index in [1.54, 1.807) is 18.2 Å². The summed E-state index contributed by atoms with van der Waals surface area (Å²) in [6, 6.07) is 15.2. The Bertz CT molecular complexity index is 994. The molecule has 7 heteroatoms. The van der Waals surface area contributed by atoms with Crippen molar-refractivity contribution in [3.05, 3.63) is 70.8 Å². The van der Waals surface area contributed by atoms with Crippen molar-refractivity contribution >= 4 is 30.1 Å². The third kappa shape index (κ3) is 3.61. The number of amides is 3. The van der Waals surface area contributed by atoms with Gasteiger partial charge in [0.05, 0.1) is 17.7 Å². The van der Waals surface area contributed by atoms with E-state index >= 15 is 0 Å². The Kier molecular flexibility index (Phi) is 5.62. The topological polar surface area (TPSA) is 69.7 Å². The zero-order valence-corrected chi connectivity index (χ0v) is 17.4. The molecule has 3 aliphatic heterocycles. The molecule has 2 aromatic carbocycles. The molecule has 5 rings (SSSR count). The average molecular weight is 426 g/mol. The van der Waals surface area contributed by atoms with Crippen LogP contribution in [0, 0.1) is 0 Å². The highest BCUT2D eigenvalue weighted by atomic mass is 35.5. The summed E-state index contributed by atoms with van der Waals surface area (Å²) in [5, 5.41) is 3.57. The minimum absolute atomic E-state index is 0. The van der Waals surface area contributed by atoms with Crippen LogP contribution in [-0.2, 0) is 6.54 Å². The van der Waals surface area contributed by atoms with Gasteiger partial charge in [0.15, 0.2) is 0 Å². The Morgan fingerprint density at radius 2 is 1.67 bits per heavy atom. The van der Waals surface area contributed by atoms with Crippen molar-refractivity contribution in [2.45, 2.75) is 37.9 Å². The molecule has 6 nitrogen and oxygen atoms in total. The minimum Gasteiger partial charge on any atom is -0.337 e. The SMILES string of the molecule is Cl.O=C(c1ccc2c(c1)C(=O)N(Cc1ccccc1)C2=O)N1CCC2CCC(C1)N2. The normalized spacial score (nSPS) is 22.5. The van der Waals surface area contributed by atoms with E-state index in [1.807, 2.05) is 35.2 Å². The van der Waals surface area contributed by atoms with Gasteiger partial charge < -0.3 is 10.2 Å². The van der Waals surface area contributed by atoms with Gasteiger partial charge in [-0.3, -0.25) is 19.3 Å². The number of hydrogen-bond acceptors (Lipinski definition) is 4. The van der Waals surface area contributed by atoms with Crippen LogP contribution >= 0.6 is 12.4 Å². The molecule has 3 amide bonds. The van der Waals surface area contributed by atoms with Crippen molar-refractivity contribution in [2.24, 2.45) is 0 Å². The zero-order valence-electron chi connectivity index (χ0n) is 16.5. The number of nitrogens with one attached hydrogen (secondary N) is 1. The lowest BCUT2D eigenvalue weighted by Gasteiger charge is -2.24. The van der Waals surface area contributed by atoms with Gasteiger partial charge in [0.1, 0.15) is 0 Å². The second-order valence-corrected chi connectivity index (χ2v) is 8.12. The van der Waals surface area contributed by atoms with Gasteiger partial charge in [-0.25, -0.2) is 0 Å². The zero-order chi connectivity index (χ0) is 20.0. The molecule has 0 spiro atoms. The first-order valence-electron chi connectivity index (χ1n) is 10.2. The minimum atomic E-state index is -0.333. The van der Waals surface area contributed by atoms with Crippen molar-refractivity contribution in [3.8, 4) is 0 Å². The third-order valence-electron chi connectivity index (χ3n) is 6.21. The summed E-state index contributed by atoms with van der Waals surface area (Å²) in [5.41, 5.74) is 2.07. The molecular weight excluding hydrogens is 402 g/mol. The molecule has 2 saturated heterocycles. The number of fused-ring (bicyclic) bond motifs is 3. The lowest BCUT2D eigenvalue weighted by Crippen LogP contribution is -2.39. The lowest BCUT2D eigenvalue weighted by molar-refractivity contribution is 0.0642. The average Bonchev–Trinajstić information content (AvgIpc) is 3.19. The van der Waals surface area contributed by atoms with E-state index in [-0.39, 0.29) is 36.7 Å². The monoisotopic (exact) mass is 425 g/mol. The van der Waals surface area contributed by atoms with Gasteiger partial charge in [-0.1, -0.05) is 30.3 Å². The third-order valence-corrected chi connectivity index (χ3v) is 6.21. The van der Waals surface area contributed by atoms with Crippen molar-refractivity contribution in [1.29, 1.82) is 0 Å². The largest absolute Gasteiger partial charge is 0.337 e. The van der Waals surface area contributed by atoms with Crippen molar-refractivity contribution in [3.63, 3.8) is 0 Å². The number of imide groups is 1. The number of carbonyl (C=O) groups excluding carboxylic acids is 3. The molecule has 0 radical (unpaired) electrons. The first-order valence-corrected chi connectivity index (χ1v) is 10.2. The highest BCUT2D eigenvalue weighted by molar-refractivity contribution is 6.22. The molecule has 1 N–H and O–H groups in total. The van der Waals surface area contributed by atoms with E-state index in [9.17, 15) is 14.4 Å². The molecular formula is C23H24ClN3O3. The number of rotatable bonds is 3. The van der Waals surface area contributed by atoms with Crippen LogP contribution in [0.25, 0.3) is 0 Å². The van der Waals surface area contributed by atoms with Crippen molar-refractivity contribution in [1.82, 2.24) is 15.1 Å². The summed E-state index contributed by atoms with van der Waals surface area (Å²) in [6.07, 6.45) is 3.23. The van der Waals surface area contributed by atoms with Crippen LogP contribution in [0.2, 0.25) is 0 Å². The fourth-order valence-corrected chi connectivity index (χ4v) is 4.64.